The lowest BCUT2D eigenvalue weighted by Crippen LogP contribution is -2.41. The molecular weight excluding hydrogens is 544 g/mol. The van der Waals surface area contributed by atoms with E-state index in [1.54, 1.807) is 0 Å². The lowest BCUT2D eigenvalue weighted by Gasteiger charge is -2.12. The first-order valence-corrected chi connectivity index (χ1v) is 19.4. The normalized spacial score (nSPS) is 12.2. The van der Waals surface area contributed by atoms with Crippen LogP contribution in [0.15, 0.2) is 66.9 Å². The molecule has 0 aliphatic heterocycles. The van der Waals surface area contributed by atoms with E-state index in [4.69, 9.17) is 0 Å². The minimum absolute atomic E-state index is 0.518. The molecule has 3 rings (SSSR count). The lowest BCUT2D eigenvalue weighted by molar-refractivity contribution is -0.710. The Bertz CT molecular complexity index is 1100. The van der Waals surface area contributed by atoms with Crippen LogP contribution in [0.5, 0.6) is 0 Å². The molecule has 2 nitrogen and oxygen atoms in total. The summed E-state index contributed by atoms with van der Waals surface area (Å²) in [5.74, 6) is 2.03. The zero-order valence-electron chi connectivity index (χ0n) is 29.8. The van der Waals surface area contributed by atoms with Gasteiger partial charge in [-0.2, -0.15) is 0 Å². The molecule has 2 aromatic carbocycles. The van der Waals surface area contributed by atoms with Crippen LogP contribution in [0, 0.1) is 0 Å². The highest BCUT2D eigenvalue weighted by Crippen LogP contribution is 2.21. The third-order valence-corrected chi connectivity index (χ3v) is 9.87. The van der Waals surface area contributed by atoms with Gasteiger partial charge in [-0.3, -0.25) is 0 Å². The first-order chi connectivity index (χ1) is 22.2. The van der Waals surface area contributed by atoms with Gasteiger partial charge in [0, 0.05) is 6.42 Å². The van der Waals surface area contributed by atoms with Crippen molar-refractivity contribution in [2.45, 2.75) is 181 Å². The summed E-state index contributed by atoms with van der Waals surface area (Å²) in [5.41, 5.74) is 4.39. The van der Waals surface area contributed by atoms with Crippen molar-refractivity contribution in [2.24, 2.45) is 0 Å². The van der Waals surface area contributed by atoms with Crippen molar-refractivity contribution in [2.75, 3.05) is 0 Å². The van der Waals surface area contributed by atoms with Crippen molar-refractivity contribution < 1.29 is 4.57 Å². The van der Waals surface area contributed by atoms with E-state index >= 15 is 0 Å². The summed E-state index contributed by atoms with van der Waals surface area (Å²) in [6.07, 6.45) is 32.6. The molecule has 250 valence electrons. The number of nitrogens with zero attached hydrogens (tertiary/aromatic N) is 2. The van der Waals surface area contributed by atoms with Gasteiger partial charge in [-0.25, -0.2) is 9.13 Å². The van der Waals surface area contributed by atoms with Crippen LogP contribution in [0.4, 0.5) is 0 Å². The largest absolute Gasteiger partial charge is 0.261 e. The average molecular weight is 614 g/mol. The van der Waals surface area contributed by atoms with E-state index in [0.717, 1.165) is 25.9 Å². The first kappa shape index (κ1) is 37.1. The van der Waals surface area contributed by atoms with Crippen LogP contribution in [0.2, 0.25) is 0 Å². The Kier molecular flexibility index (Phi) is 19.7. The van der Waals surface area contributed by atoms with E-state index in [2.05, 4.69) is 96.8 Å². The molecule has 0 fully saturated rings. The predicted molar refractivity (Wildman–Crippen MR) is 196 cm³/mol. The second kappa shape index (κ2) is 23.9. The highest BCUT2D eigenvalue weighted by molar-refractivity contribution is 5.21. The molecule has 0 bridgehead atoms. The van der Waals surface area contributed by atoms with Crippen molar-refractivity contribution in [3.63, 3.8) is 0 Å². The zero-order valence-corrected chi connectivity index (χ0v) is 29.8. The van der Waals surface area contributed by atoms with E-state index in [-0.39, 0.29) is 0 Å². The monoisotopic (exact) mass is 614 g/mol. The van der Waals surface area contributed by atoms with Crippen molar-refractivity contribution >= 4 is 0 Å². The highest BCUT2D eigenvalue weighted by atomic mass is 15.2. The van der Waals surface area contributed by atoms with Gasteiger partial charge >= 0.3 is 0 Å². The Morgan fingerprint density at radius 3 is 1.56 bits per heavy atom. The van der Waals surface area contributed by atoms with Gasteiger partial charge in [-0.05, 0) is 42.7 Å². The number of rotatable bonds is 27. The third kappa shape index (κ3) is 15.2. The predicted octanol–water partition coefficient (Wildman–Crippen LogP) is 12.6. The van der Waals surface area contributed by atoms with Gasteiger partial charge in [0.2, 0.25) is 0 Å². The number of hydrogen-bond donors (Lipinski definition) is 0. The summed E-state index contributed by atoms with van der Waals surface area (Å²) in [6, 6.07) is 22.3. The molecule has 0 saturated heterocycles. The molecule has 2 heteroatoms. The Balaban J connectivity index is 1.49. The van der Waals surface area contributed by atoms with E-state index in [1.807, 2.05) is 0 Å². The maximum Gasteiger partial charge on any atom is 0.261 e. The molecule has 1 atom stereocenters. The molecule has 0 aliphatic rings. The number of aromatic nitrogens is 2. The smallest absolute Gasteiger partial charge is 0.234 e. The third-order valence-electron chi connectivity index (χ3n) is 9.87. The number of imidazole rings is 1. The quantitative estimate of drug-likeness (QED) is 0.0597. The Hall–Kier alpha value is -2.35. The van der Waals surface area contributed by atoms with Crippen LogP contribution in [0.25, 0.3) is 0 Å². The number of benzene rings is 2. The van der Waals surface area contributed by atoms with Gasteiger partial charge in [-0.15, -0.1) is 0 Å². The van der Waals surface area contributed by atoms with E-state index in [0.29, 0.717) is 5.92 Å². The molecule has 3 aromatic rings. The summed E-state index contributed by atoms with van der Waals surface area (Å²) < 4.78 is 5.36. The molecule has 1 aromatic heterocycles. The fourth-order valence-electron chi connectivity index (χ4n) is 6.99. The van der Waals surface area contributed by atoms with Gasteiger partial charge in [0.15, 0.2) is 0 Å². The molecule has 45 heavy (non-hydrogen) atoms. The maximum atomic E-state index is 2.72. The Labute approximate surface area is 279 Å². The molecule has 0 radical (unpaired) electrons. The summed E-state index contributed by atoms with van der Waals surface area (Å²) in [5, 5.41) is 0. The maximum absolute atomic E-state index is 2.72. The lowest BCUT2D eigenvalue weighted by atomic mass is 9.96. The minimum Gasteiger partial charge on any atom is -0.234 e. The molecule has 0 saturated carbocycles. The topological polar surface area (TPSA) is 8.81 Å². The fraction of sp³-hybridized carbons (Fsp3) is 0.651. The molecule has 0 N–H and O–H groups in total. The van der Waals surface area contributed by atoms with Crippen LogP contribution in [-0.2, 0) is 25.9 Å². The van der Waals surface area contributed by atoms with Crippen molar-refractivity contribution in [1.29, 1.82) is 0 Å². The standard InChI is InChI=1S/C43H69N2/c1-4-6-8-10-11-12-13-14-15-16-17-18-19-20-21-28-34-44-38-42(36-39(3)41-32-26-23-27-33-41)45(35-29-9-7-5-2)43(44)37-40-30-24-22-25-31-40/h22-27,30-33,38-39H,4-21,28-29,34-37H2,1-3H3/q+1. The van der Waals surface area contributed by atoms with Gasteiger partial charge in [-0.1, -0.05) is 184 Å². The van der Waals surface area contributed by atoms with Crippen LogP contribution in [0.3, 0.4) is 0 Å². The summed E-state index contributed by atoms with van der Waals surface area (Å²) in [4.78, 5) is 0. The molecule has 1 heterocycles. The van der Waals surface area contributed by atoms with Gasteiger partial charge < -0.3 is 0 Å². The number of hydrogen-bond acceptors (Lipinski definition) is 0. The van der Waals surface area contributed by atoms with Crippen LogP contribution in [0.1, 0.15) is 178 Å². The number of unbranched alkanes of at least 4 members (excludes halogenated alkanes) is 18. The number of aryl methyl sites for hydroxylation is 1. The molecule has 0 aliphatic carbocycles. The van der Waals surface area contributed by atoms with E-state index in [9.17, 15) is 0 Å². The van der Waals surface area contributed by atoms with Crippen molar-refractivity contribution in [3.05, 3.63) is 89.5 Å². The highest BCUT2D eigenvalue weighted by Gasteiger charge is 2.25. The SMILES string of the molecule is CCCCCCCCCCCCCCCCCCn1cc(CC(C)c2ccccc2)[n+](CCCCCC)c1Cc1ccccc1. The molecule has 0 amide bonds. The average Bonchev–Trinajstić information content (AvgIpc) is 3.38. The van der Waals surface area contributed by atoms with Gasteiger partial charge in [0.1, 0.15) is 11.9 Å². The Morgan fingerprint density at radius 2 is 1.02 bits per heavy atom. The molecule has 1 unspecified atom stereocenters. The second-order valence-electron chi connectivity index (χ2n) is 13.9. The second-order valence-corrected chi connectivity index (χ2v) is 13.9. The molecule has 0 spiro atoms. The summed E-state index contributed by atoms with van der Waals surface area (Å²) in [7, 11) is 0. The van der Waals surface area contributed by atoms with Crippen LogP contribution < -0.4 is 4.57 Å². The van der Waals surface area contributed by atoms with Crippen LogP contribution in [-0.4, -0.2) is 4.57 Å². The fourth-order valence-corrected chi connectivity index (χ4v) is 6.99. The van der Waals surface area contributed by atoms with Crippen molar-refractivity contribution in [3.8, 4) is 0 Å². The Morgan fingerprint density at radius 1 is 0.556 bits per heavy atom. The van der Waals surface area contributed by atoms with E-state index < -0.39 is 0 Å². The van der Waals surface area contributed by atoms with Crippen LogP contribution >= 0.6 is 0 Å². The minimum atomic E-state index is 0.518. The van der Waals surface area contributed by atoms with Gasteiger partial charge in [0.25, 0.3) is 5.82 Å². The van der Waals surface area contributed by atoms with Crippen molar-refractivity contribution in [1.82, 2.24) is 4.57 Å². The first-order valence-electron chi connectivity index (χ1n) is 19.4. The summed E-state index contributed by atoms with van der Waals surface area (Å²) in [6.45, 7) is 9.32. The van der Waals surface area contributed by atoms with E-state index in [1.165, 1.54) is 151 Å². The molecular formula is C43H69N2+. The van der Waals surface area contributed by atoms with Gasteiger partial charge in [0.05, 0.1) is 19.5 Å². The zero-order chi connectivity index (χ0) is 31.8. The summed E-state index contributed by atoms with van der Waals surface area (Å²) >= 11 is 0.